The van der Waals surface area contributed by atoms with E-state index < -0.39 is 0 Å². The zero-order valence-corrected chi connectivity index (χ0v) is 16.2. The van der Waals surface area contributed by atoms with Crippen LogP contribution in [0.1, 0.15) is 17.7 Å². The van der Waals surface area contributed by atoms with Crippen molar-refractivity contribution in [1.29, 1.82) is 0 Å². The van der Waals surface area contributed by atoms with Crippen LogP contribution in [0.3, 0.4) is 0 Å². The number of fused-ring (bicyclic) bond motifs is 1. The zero-order chi connectivity index (χ0) is 18.1. The normalized spacial score (nSPS) is 17.1. The Morgan fingerprint density at radius 3 is 2.96 bits per heavy atom. The van der Waals surface area contributed by atoms with Gasteiger partial charge in [-0.2, -0.15) is 0 Å². The third kappa shape index (κ3) is 3.91. The van der Waals surface area contributed by atoms with Gasteiger partial charge in [0, 0.05) is 11.5 Å². The first-order valence-electron chi connectivity index (χ1n) is 8.31. The van der Waals surface area contributed by atoms with Crippen molar-refractivity contribution in [1.82, 2.24) is 4.98 Å². The summed E-state index contributed by atoms with van der Waals surface area (Å²) in [5.41, 5.74) is 0.690. The molecule has 4 nitrogen and oxygen atoms in total. The third-order valence-electron chi connectivity index (χ3n) is 4.24. The summed E-state index contributed by atoms with van der Waals surface area (Å²) in [5.74, 6) is -0.364. The largest absolute Gasteiger partial charge is 0.376 e. The number of benzene rings is 1. The number of carbonyl (C=O) groups excluding carboxylic acids is 1. The average molecular weight is 411 g/mol. The van der Waals surface area contributed by atoms with Crippen LogP contribution in [0.4, 0.5) is 9.52 Å². The Labute approximate surface area is 163 Å². The summed E-state index contributed by atoms with van der Waals surface area (Å²) >= 11 is 8.70. The van der Waals surface area contributed by atoms with E-state index in [4.69, 9.17) is 16.3 Å². The van der Waals surface area contributed by atoms with Gasteiger partial charge in [0.1, 0.15) is 5.82 Å². The van der Waals surface area contributed by atoms with Gasteiger partial charge in [0.25, 0.3) is 0 Å². The molecule has 2 aromatic heterocycles. The molecule has 0 spiro atoms. The van der Waals surface area contributed by atoms with Crippen molar-refractivity contribution in [3.05, 3.63) is 45.4 Å². The van der Waals surface area contributed by atoms with Crippen molar-refractivity contribution < 1.29 is 13.9 Å². The topological polar surface area (TPSA) is 42.4 Å². The SMILES string of the molecule is O=C(Cc1ccc(Cl)s1)N(CC1CCCO1)c1nc2ccc(F)cc2s1. The zero-order valence-electron chi connectivity index (χ0n) is 13.8. The molecule has 1 aromatic carbocycles. The molecule has 1 amide bonds. The summed E-state index contributed by atoms with van der Waals surface area (Å²) in [7, 11) is 0. The molecule has 1 atom stereocenters. The minimum atomic E-state index is -0.307. The van der Waals surface area contributed by atoms with Crippen molar-refractivity contribution in [2.45, 2.75) is 25.4 Å². The van der Waals surface area contributed by atoms with E-state index in [2.05, 4.69) is 4.98 Å². The number of aromatic nitrogens is 1. The van der Waals surface area contributed by atoms with Crippen LogP contribution in [0, 0.1) is 5.82 Å². The highest BCUT2D eigenvalue weighted by Gasteiger charge is 2.26. The van der Waals surface area contributed by atoms with Crippen LogP contribution in [0.15, 0.2) is 30.3 Å². The van der Waals surface area contributed by atoms with Gasteiger partial charge in [-0.1, -0.05) is 22.9 Å². The van der Waals surface area contributed by atoms with Gasteiger partial charge in [-0.3, -0.25) is 9.69 Å². The fraction of sp³-hybridized carbons (Fsp3) is 0.333. The molecule has 1 unspecified atom stereocenters. The van der Waals surface area contributed by atoms with Crippen molar-refractivity contribution in [2.24, 2.45) is 0 Å². The van der Waals surface area contributed by atoms with Crippen LogP contribution in [0.5, 0.6) is 0 Å². The van der Waals surface area contributed by atoms with E-state index in [0.29, 0.717) is 21.5 Å². The highest BCUT2D eigenvalue weighted by molar-refractivity contribution is 7.22. The molecule has 0 bridgehead atoms. The van der Waals surface area contributed by atoms with Crippen LogP contribution in [-0.4, -0.2) is 30.1 Å². The molecule has 0 saturated carbocycles. The van der Waals surface area contributed by atoms with Crippen LogP contribution < -0.4 is 4.90 Å². The molecule has 0 radical (unpaired) electrons. The van der Waals surface area contributed by atoms with Crippen molar-refractivity contribution in [3.8, 4) is 0 Å². The number of ether oxygens (including phenoxy) is 1. The fourth-order valence-electron chi connectivity index (χ4n) is 2.97. The molecule has 1 aliphatic heterocycles. The first kappa shape index (κ1) is 17.9. The number of halogens is 2. The number of thiophene rings is 1. The van der Waals surface area contributed by atoms with Gasteiger partial charge < -0.3 is 4.74 Å². The molecule has 3 heterocycles. The quantitative estimate of drug-likeness (QED) is 0.600. The second-order valence-corrected chi connectivity index (χ2v) is 8.94. The number of hydrogen-bond donors (Lipinski definition) is 0. The second-order valence-electron chi connectivity index (χ2n) is 6.13. The monoisotopic (exact) mass is 410 g/mol. The van der Waals surface area contributed by atoms with Crippen LogP contribution in [-0.2, 0) is 16.0 Å². The van der Waals surface area contributed by atoms with Gasteiger partial charge in [-0.05, 0) is 43.2 Å². The number of nitrogens with zero attached hydrogens (tertiary/aromatic N) is 2. The number of thiazole rings is 1. The van der Waals surface area contributed by atoms with Gasteiger partial charge in [0.05, 0.1) is 33.6 Å². The Hall–Kier alpha value is -1.54. The molecule has 0 N–H and O–H groups in total. The van der Waals surface area contributed by atoms with Crippen molar-refractivity contribution in [2.75, 3.05) is 18.1 Å². The molecular formula is C18H16ClFN2O2S2. The summed E-state index contributed by atoms with van der Waals surface area (Å²) in [6.45, 7) is 1.18. The molecular weight excluding hydrogens is 395 g/mol. The number of hydrogen-bond acceptors (Lipinski definition) is 5. The third-order valence-corrected chi connectivity index (χ3v) is 6.51. The average Bonchev–Trinajstić information content (AvgIpc) is 3.33. The Kier molecular flexibility index (Phi) is 5.22. The van der Waals surface area contributed by atoms with Gasteiger partial charge in [-0.15, -0.1) is 11.3 Å². The van der Waals surface area contributed by atoms with E-state index in [9.17, 15) is 9.18 Å². The lowest BCUT2D eigenvalue weighted by molar-refractivity contribution is -0.118. The lowest BCUT2D eigenvalue weighted by Crippen LogP contribution is -2.38. The molecule has 8 heteroatoms. The predicted octanol–water partition coefficient (Wildman–Crippen LogP) is 4.91. The smallest absolute Gasteiger partial charge is 0.234 e. The van der Waals surface area contributed by atoms with E-state index in [1.165, 1.54) is 34.8 Å². The molecule has 0 aliphatic carbocycles. The summed E-state index contributed by atoms with van der Waals surface area (Å²) < 4.78 is 20.6. The van der Waals surface area contributed by atoms with E-state index >= 15 is 0 Å². The second kappa shape index (κ2) is 7.60. The van der Waals surface area contributed by atoms with Gasteiger partial charge in [-0.25, -0.2) is 9.37 Å². The molecule has 4 rings (SSSR count). The van der Waals surface area contributed by atoms with Gasteiger partial charge in [0.2, 0.25) is 5.91 Å². The summed E-state index contributed by atoms with van der Waals surface area (Å²) in [5, 5.41) is 0.578. The molecule has 3 aromatic rings. The van der Waals surface area contributed by atoms with E-state index in [1.807, 2.05) is 6.07 Å². The van der Waals surface area contributed by atoms with E-state index in [0.717, 1.165) is 29.0 Å². The number of rotatable bonds is 5. The minimum absolute atomic E-state index is 0.00891. The Morgan fingerprint density at radius 1 is 1.35 bits per heavy atom. The summed E-state index contributed by atoms with van der Waals surface area (Å²) in [4.78, 5) is 20.1. The Bertz CT molecular complexity index is 936. The molecule has 26 heavy (non-hydrogen) atoms. The van der Waals surface area contributed by atoms with Crippen molar-refractivity contribution in [3.63, 3.8) is 0 Å². The lowest BCUT2D eigenvalue weighted by Gasteiger charge is -2.22. The van der Waals surface area contributed by atoms with Crippen molar-refractivity contribution >= 4 is 55.5 Å². The number of anilines is 1. The lowest BCUT2D eigenvalue weighted by atomic mass is 10.2. The van der Waals surface area contributed by atoms with Gasteiger partial charge >= 0.3 is 0 Å². The maximum atomic E-state index is 13.5. The Morgan fingerprint density at radius 2 is 2.23 bits per heavy atom. The fourth-order valence-corrected chi connectivity index (χ4v) is 5.07. The minimum Gasteiger partial charge on any atom is -0.376 e. The highest BCUT2D eigenvalue weighted by Crippen LogP contribution is 2.31. The van der Waals surface area contributed by atoms with E-state index in [1.54, 1.807) is 17.0 Å². The van der Waals surface area contributed by atoms with Crippen LogP contribution in [0.25, 0.3) is 10.2 Å². The van der Waals surface area contributed by atoms with Crippen LogP contribution >= 0.6 is 34.3 Å². The summed E-state index contributed by atoms with van der Waals surface area (Å²) in [6.07, 6.45) is 2.19. The maximum absolute atomic E-state index is 13.5. The van der Waals surface area contributed by atoms with E-state index in [-0.39, 0.29) is 24.2 Å². The predicted molar refractivity (Wildman–Crippen MR) is 104 cm³/mol. The highest BCUT2D eigenvalue weighted by atomic mass is 35.5. The maximum Gasteiger partial charge on any atom is 0.234 e. The first-order valence-corrected chi connectivity index (χ1v) is 10.3. The number of amides is 1. The standard InChI is InChI=1S/C18H16ClFN2O2S2/c19-16-6-4-13(25-16)9-17(23)22(10-12-2-1-7-24-12)18-21-14-5-3-11(20)8-15(14)26-18/h3-6,8,12H,1-2,7,9-10H2. The summed E-state index contributed by atoms with van der Waals surface area (Å²) in [6, 6.07) is 8.12. The molecule has 1 fully saturated rings. The Balaban J connectivity index is 1.62. The van der Waals surface area contributed by atoms with Gasteiger partial charge in [0.15, 0.2) is 5.13 Å². The molecule has 136 valence electrons. The molecule has 1 aliphatic rings. The molecule has 1 saturated heterocycles. The number of carbonyl (C=O) groups is 1. The van der Waals surface area contributed by atoms with Crippen LogP contribution in [0.2, 0.25) is 4.34 Å². The first-order chi connectivity index (χ1) is 12.6.